The van der Waals surface area contributed by atoms with Gasteiger partial charge in [-0.2, -0.15) is 0 Å². The van der Waals surface area contributed by atoms with Crippen molar-refractivity contribution in [2.24, 2.45) is 0 Å². The molecule has 1 aliphatic heterocycles. The molecule has 21 heavy (non-hydrogen) atoms. The summed E-state index contributed by atoms with van der Waals surface area (Å²) in [6.07, 6.45) is 2.91. The van der Waals surface area contributed by atoms with Crippen molar-refractivity contribution < 1.29 is 17.9 Å². The van der Waals surface area contributed by atoms with Crippen LogP contribution in [0.2, 0.25) is 0 Å². The molecule has 0 aliphatic carbocycles. The molecular formula is C14H22N2O4S. The zero-order chi connectivity index (χ0) is 15.3. The monoisotopic (exact) mass is 314 g/mol. The summed E-state index contributed by atoms with van der Waals surface area (Å²) in [5.74, 6) is 0.792. The molecule has 1 aliphatic rings. The maximum absolute atomic E-state index is 12.6. The Hall–Kier alpha value is -1.31. The number of nitrogens with one attached hydrogen (secondary N) is 2. The van der Waals surface area contributed by atoms with E-state index in [1.54, 1.807) is 12.1 Å². The summed E-state index contributed by atoms with van der Waals surface area (Å²) in [6, 6.07) is 4.64. The average molecular weight is 314 g/mol. The van der Waals surface area contributed by atoms with Crippen LogP contribution in [0, 0.1) is 0 Å². The number of hydrogen-bond acceptors (Lipinski definition) is 5. The first-order valence-corrected chi connectivity index (χ1v) is 8.50. The van der Waals surface area contributed by atoms with E-state index in [-0.39, 0.29) is 10.9 Å². The van der Waals surface area contributed by atoms with Crippen LogP contribution >= 0.6 is 0 Å². The number of ether oxygens (including phenoxy) is 2. The number of sulfonamides is 1. The predicted octanol–water partition coefficient (Wildman–Crippen LogP) is 1.12. The zero-order valence-corrected chi connectivity index (χ0v) is 13.2. The Bertz CT molecular complexity index is 566. The molecule has 1 heterocycles. The average Bonchev–Trinajstić information content (AvgIpc) is 2.74. The van der Waals surface area contributed by atoms with Crippen LogP contribution in [0.25, 0.3) is 0 Å². The Labute approximate surface area is 125 Å². The minimum absolute atomic E-state index is 0.103. The molecule has 1 aromatic rings. The molecule has 118 valence electrons. The van der Waals surface area contributed by atoms with Crippen LogP contribution in [-0.2, 0) is 10.0 Å². The molecule has 0 spiro atoms. The summed E-state index contributed by atoms with van der Waals surface area (Å²) in [7, 11) is -0.693. The highest BCUT2D eigenvalue weighted by Gasteiger charge is 2.24. The molecular weight excluding hydrogens is 292 g/mol. The standard InChI is InChI=1S/C14H22N2O4S/c1-19-12-6-7-13(20-2)14(9-12)21(17,18)16-11-5-3-4-8-15-10-11/h6-7,9,11,15-16H,3-5,8,10H2,1-2H3. The van der Waals surface area contributed by atoms with E-state index in [0.29, 0.717) is 18.0 Å². The molecule has 0 amide bonds. The van der Waals surface area contributed by atoms with E-state index in [0.717, 1.165) is 25.8 Å². The van der Waals surface area contributed by atoms with Crippen LogP contribution in [-0.4, -0.2) is 41.8 Å². The molecule has 1 saturated heterocycles. The van der Waals surface area contributed by atoms with E-state index in [4.69, 9.17) is 9.47 Å². The summed E-state index contributed by atoms with van der Waals surface area (Å²) < 4.78 is 38.2. The SMILES string of the molecule is COc1ccc(OC)c(S(=O)(=O)NC2CCCCNC2)c1. The fourth-order valence-electron chi connectivity index (χ4n) is 2.40. The first-order chi connectivity index (χ1) is 10.1. The topological polar surface area (TPSA) is 76.7 Å². The summed E-state index contributed by atoms with van der Waals surface area (Å²) in [4.78, 5) is 0.105. The lowest BCUT2D eigenvalue weighted by Gasteiger charge is -2.18. The summed E-state index contributed by atoms with van der Waals surface area (Å²) in [5.41, 5.74) is 0. The number of methoxy groups -OCH3 is 2. The van der Waals surface area contributed by atoms with Gasteiger partial charge < -0.3 is 14.8 Å². The molecule has 1 aromatic carbocycles. The Balaban J connectivity index is 2.25. The van der Waals surface area contributed by atoms with Crippen molar-refractivity contribution in [2.45, 2.75) is 30.2 Å². The molecule has 0 aromatic heterocycles. The van der Waals surface area contributed by atoms with Gasteiger partial charge in [0, 0.05) is 18.7 Å². The van der Waals surface area contributed by atoms with Gasteiger partial charge in [-0.25, -0.2) is 13.1 Å². The fraction of sp³-hybridized carbons (Fsp3) is 0.571. The van der Waals surface area contributed by atoms with Crippen molar-refractivity contribution in [3.63, 3.8) is 0 Å². The summed E-state index contributed by atoms with van der Waals surface area (Å²) in [6.45, 7) is 1.58. The van der Waals surface area contributed by atoms with Gasteiger partial charge in [-0.3, -0.25) is 0 Å². The van der Waals surface area contributed by atoms with Crippen LogP contribution in [0.15, 0.2) is 23.1 Å². The van der Waals surface area contributed by atoms with Gasteiger partial charge in [0.1, 0.15) is 16.4 Å². The predicted molar refractivity (Wildman–Crippen MR) is 80.4 cm³/mol. The Morgan fingerprint density at radius 3 is 2.76 bits per heavy atom. The molecule has 2 rings (SSSR count). The Morgan fingerprint density at radius 2 is 2.05 bits per heavy atom. The minimum atomic E-state index is -3.65. The molecule has 0 bridgehead atoms. The third-order valence-electron chi connectivity index (χ3n) is 3.53. The van der Waals surface area contributed by atoms with E-state index in [2.05, 4.69) is 10.0 Å². The maximum Gasteiger partial charge on any atom is 0.244 e. The molecule has 0 radical (unpaired) electrons. The van der Waals surface area contributed by atoms with E-state index in [1.807, 2.05) is 0 Å². The first kappa shape index (κ1) is 16.1. The highest BCUT2D eigenvalue weighted by atomic mass is 32.2. The minimum Gasteiger partial charge on any atom is -0.497 e. The van der Waals surface area contributed by atoms with Gasteiger partial charge in [-0.05, 0) is 31.5 Å². The van der Waals surface area contributed by atoms with Crippen molar-refractivity contribution in [2.75, 3.05) is 27.3 Å². The van der Waals surface area contributed by atoms with Gasteiger partial charge in [-0.15, -0.1) is 0 Å². The number of rotatable bonds is 5. The van der Waals surface area contributed by atoms with E-state index >= 15 is 0 Å². The fourth-order valence-corrected chi connectivity index (χ4v) is 3.85. The maximum atomic E-state index is 12.6. The second-order valence-corrected chi connectivity index (χ2v) is 6.72. The third kappa shape index (κ3) is 4.09. The van der Waals surface area contributed by atoms with E-state index in [1.165, 1.54) is 20.3 Å². The number of hydrogen-bond donors (Lipinski definition) is 2. The molecule has 1 atom stereocenters. The van der Waals surface area contributed by atoms with Crippen molar-refractivity contribution in [3.05, 3.63) is 18.2 Å². The van der Waals surface area contributed by atoms with Crippen LogP contribution in [0.4, 0.5) is 0 Å². The summed E-state index contributed by atoms with van der Waals surface area (Å²) >= 11 is 0. The Morgan fingerprint density at radius 1 is 1.24 bits per heavy atom. The lowest BCUT2D eigenvalue weighted by molar-refractivity contribution is 0.391. The van der Waals surface area contributed by atoms with Crippen molar-refractivity contribution in [1.29, 1.82) is 0 Å². The summed E-state index contributed by atoms with van der Waals surface area (Å²) in [5, 5.41) is 3.24. The van der Waals surface area contributed by atoms with Gasteiger partial charge in [0.05, 0.1) is 14.2 Å². The van der Waals surface area contributed by atoms with Crippen molar-refractivity contribution in [1.82, 2.24) is 10.0 Å². The largest absolute Gasteiger partial charge is 0.497 e. The molecule has 0 saturated carbocycles. The van der Waals surface area contributed by atoms with Gasteiger partial charge >= 0.3 is 0 Å². The van der Waals surface area contributed by atoms with Gasteiger partial charge in [0.2, 0.25) is 10.0 Å². The second kappa shape index (κ2) is 7.11. The Kier molecular flexibility index (Phi) is 5.44. The lowest BCUT2D eigenvalue weighted by Crippen LogP contribution is -2.40. The van der Waals surface area contributed by atoms with Crippen LogP contribution in [0.5, 0.6) is 11.5 Å². The first-order valence-electron chi connectivity index (χ1n) is 7.02. The van der Waals surface area contributed by atoms with Crippen molar-refractivity contribution in [3.8, 4) is 11.5 Å². The molecule has 2 N–H and O–H groups in total. The highest BCUT2D eigenvalue weighted by molar-refractivity contribution is 7.89. The van der Waals surface area contributed by atoms with Gasteiger partial charge in [-0.1, -0.05) is 6.42 Å². The quantitative estimate of drug-likeness (QED) is 0.852. The third-order valence-corrected chi connectivity index (χ3v) is 5.07. The van der Waals surface area contributed by atoms with Crippen LogP contribution in [0.3, 0.4) is 0 Å². The van der Waals surface area contributed by atoms with E-state index in [9.17, 15) is 8.42 Å². The highest BCUT2D eigenvalue weighted by Crippen LogP contribution is 2.28. The smallest absolute Gasteiger partial charge is 0.244 e. The van der Waals surface area contributed by atoms with Crippen LogP contribution < -0.4 is 19.5 Å². The number of benzene rings is 1. The lowest BCUT2D eigenvalue weighted by atomic mass is 10.2. The van der Waals surface area contributed by atoms with Crippen LogP contribution in [0.1, 0.15) is 19.3 Å². The van der Waals surface area contributed by atoms with Crippen molar-refractivity contribution >= 4 is 10.0 Å². The van der Waals surface area contributed by atoms with Gasteiger partial charge in [0.25, 0.3) is 0 Å². The van der Waals surface area contributed by atoms with E-state index < -0.39 is 10.0 Å². The second-order valence-electron chi connectivity index (χ2n) is 5.03. The molecule has 1 fully saturated rings. The van der Waals surface area contributed by atoms with Gasteiger partial charge in [0.15, 0.2) is 0 Å². The normalized spacial score (nSPS) is 19.8. The molecule has 7 heteroatoms. The molecule has 1 unspecified atom stereocenters. The molecule has 6 nitrogen and oxygen atoms in total. The zero-order valence-electron chi connectivity index (χ0n) is 12.4.